The summed E-state index contributed by atoms with van der Waals surface area (Å²) in [4.78, 5) is 25.5. The van der Waals surface area contributed by atoms with Crippen molar-refractivity contribution in [2.45, 2.75) is 230 Å². The number of esters is 2. The Morgan fingerprint density at radius 2 is 0.909 bits per heavy atom. The lowest BCUT2D eigenvalue weighted by Gasteiger charge is -2.40. The maximum atomic E-state index is 12.9. The second-order valence-electron chi connectivity index (χ2n) is 17.5. The molecule has 6 atom stereocenters. The number of unbranched alkanes of at least 4 members (excludes halogenated alkanes) is 18. The van der Waals surface area contributed by atoms with Gasteiger partial charge in [0, 0.05) is 12.8 Å². The number of rotatable bonds is 42. The fourth-order valence-electron chi connectivity index (χ4n) is 7.28. The molecular weight excluding hydrogens is 861 g/mol. The molecule has 1 aliphatic rings. The van der Waals surface area contributed by atoms with Crippen LogP contribution in [0.1, 0.15) is 194 Å². The van der Waals surface area contributed by atoms with E-state index in [0.717, 1.165) is 77.0 Å². The number of carbonyl (C=O) groups excluding carboxylic acids is 2. The molecule has 4 N–H and O–H groups in total. The van der Waals surface area contributed by atoms with E-state index in [4.69, 9.17) is 18.9 Å². The first-order chi connectivity index (χ1) is 32.0. The van der Waals surface area contributed by atoms with E-state index >= 15 is 0 Å². The number of carbonyl (C=O) groups is 2. The highest BCUT2D eigenvalue weighted by Gasteiger charge is 2.46. The zero-order valence-corrected chi connectivity index (χ0v) is 41.6. The fraction of sp³-hybridized carbons (Fsp3) is 0.736. The molecule has 66 heavy (non-hydrogen) atoms. The zero-order valence-electron chi connectivity index (χ0n) is 40.8. The predicted octanol–water partition coefficient (Wildman–Crippen LogP) is 11.5. The molecule has 1 saturated heterocycles. The summed E-state index contributed by atoms with van der Waals surface area (Å²) >= 11 is 0. The predicted molar refractivity (Wildman–Crippen MR) is 265 cm³/mol. The molecule has 0 saturated carbocycles. The third-order valence-electron chi connectivity index (χ3n) is 11.3. The third-order valence-corrected chi connectivity index (χ3v) is 12.0. The van der Waals surface area contributed by atoms with Crippen LogP contribution >= 0.6 is 0 Å². The van der Waals surface area contributed by atoms with E-state index in [1.165, 1.54) is 77.0 Å². The fourth-order valence-corrected chi connectivity index (χ4v) is 7.97. The SMILES string of the molecule is CCCCC/C=C/C/C=C/C/C=C/C/C=C/CCCCCC(=O)OC[C@H](CO[C@H]1O[C@H](CS(=O)(=O)O)[C@@H](O)C(O)C1O)OC(=O)CCCCCCCCCCC/C=C/C/C=C/CCCCC. The minimum absolute atomic E-state index is 0.149. The Morgan fingerprint density at radius 1 is 0.515 bits per heavy atom. The monoisotopic (exact) mass is 951 g/mol. The van der Waals surface area contributed by atoms with Crippen molar-refractivity contribution in [3.05, 3.63) is 72.9 Å². The van der Waals surface area contributed by atoms with Gasteiger partial charge in [0.25, 0.3) is 10.1 Å². The molecule has 0 radical (unpaired) electrons. The van der Waals surface area contributed by atoms with Gasteiger partial charge in [-0.15, -0.1) is 0 Å². The topological polar surface area (TPSA) is 186 Å². The molecule has 0 aliphatic carbocycles. The molecular formula is C53H90O12S. The highest BCUT2D eigenvalue weighted by atomic mass is 32.2. The number of ether oxygens (including phenoxy) is 4. The van der Waals surface area contributed by atoms with Crippen LogP contribution in [0.15, 0.2) is 72.9 Å². The molecule has 1 rings (SSSR count). The van der Waals surface area contributed by atoms with Crippen LogP contribution in [0, 0.1) is 0 Å². The Hall–Kier alpha value is -2.91. The molecule has 0 aromatic carbocycles. The van der Waals surface area contributed by atoms with Crippen LogP contribution < -0.4 is 0 Å². The molecule has 1 heterocycles. The van der Waals surface area contributed by atoms with Crippen molar-refractivity contribution in [1.29, 1.82) is 0 Å². The summed E-state index contributed by atoms with van der Waals surface area (Å²) in [5.41, 5.74) is 0. The summed E-state index contributed by atoms with van der Waals surface area (Å²) in [5, 5.41) is 31.0. The van der Waals surface area contributed by atoms with E-state index in [2.05, 4.69) is 86.8 Å². The van der Waals surface area contributed by atoms with Crippen LogP contribution in [0.25, 0.3) is 0 Å². The third kappa shape index (κ3) is 36.2. The number of allylic oxidation sites excluding steroid dienone is 12. The van der Waals surface area contributed by atoms with Gasteiger partial charge in [-0.05, 0) is 89.9 Å². The number of aliphatic hydroxyl groups excluding tert-OH is 3. The van der Waals surface area contributed by atoms with Crippen molar-refractivity contribution in [3.8, 4) is 0 Å². The molecule has 0 amide bonds. The van der Waals surface area contributed by atoms with E-state index in [1.54, 1.807) is 0 Å². The first-order valence-electron chi connectivity index (χ1n) is 25.5. The summed E-state index contributed by atoms with van der Waals surface area (Å²) in [7, 11) is -4.61. The van der Waals surface area contributed by atoms with Crippen LogP contribution in [0.3, 0.4) is 0 Å². The maximum Gasteiger partial charge on any atom is 0.306 e. The Bertz CT molecular complexity index is 1490. The average molecular weight is 951 g/mol. The lowest BCUT2D eigenvalue weighted by atomic mass is 10.00. The average Bonchev–Trinajstić information content (AvgIpc) is 3.28. The van der Waals surface area contributed by atoms with E-state index in [9.17, 15) is 37.9 Å². The summed E-state index contributed by atoms with van der Waals surface area (Å²) < 4.78 is 54.2. The van der Waals surface area contributed by atoms with Gasteiger partial charge in [0.05, 0.1) is 6.61 Å². The van der Waals surface area contributed by atoms with Crippen molar-refractivity contribution < 1.29 is 56.8 Å². The quantitative estimate of drug-likeness (QED) is 0.0197. The highest BCUT2D eigenvalue weighted by Crippen LogP contribution is 2.24. The van der Waals surface area contributed by atoms with Crippen molar-refractivity contribution >= 4 is 22.1 Å². The molecule has 0 aromatic rings. The molecule has 0 bridgehead atoms. The van der Waals surface area contributed by atoms with Gasteiger partial charge in [-0.3, -0.25) is 14.1 Å². The Balaban J connectivity index is 2.42. The Kier molecular flexibility index (Phi) is 39.1. The molecule has 2 unspecified atom stereocenters. The second kappa shape index (κ2) is 42.2. The number of aliphatic hydroxyl groups is 3. The van der Waals surface area contributed by atoms with Gasteiger partial charge in [0.15, 0.2) is 12.4 Å². The molecule has 0 aromatic heterocycles. The summed E-state index contributed by atoms with van der Waals surface area (Å²) in [6.45, 7) is 3.69. The van der Waals surface area contributed by atoms with Gasteiger partial charge in [0.2, 0.25) is 0 Å². The minimum Gasteiger partial charge on any atom is -0.462 e. The van der Waals surface area contributed by atoms with E-state index < -0.39 is 71.2 Å². The largest absolute Gasteiger partial charge is 0.462 e. The van der Waals surface area contributed by atoms with Crippen molar-refractivity contribution in [3.63, 3.8) is 0 Å². The lowest BCUT2D eigenvalue weighted by molar-refractivity contribution is -0.297. The van der Waals surface area contributed by atoms with E-state index in [1.807, 2.05) is 0 Å². The van der Waals surface area contributed by atoms with Gasteiger partial charge < -0.3 is 34.3 Å². The first-order valence-corrected chi connectivity index (χ1v) is 27.1. The van der Waals surface area contributed by atoms with Crippen molar-refractivity contribution in [1.82, 2.24) is 0 Å². The molecule has 1 fully saturated rings. The molecule has 380 valence electrons. The second-order valence-corrected chi connectivity index (χ2v) is 19.0. The number of hydrogen-bond acceptors (Lipinski definition) is 11. The highest BCUT2D eigenvalue weighted by molar-refractivity contribution is 7.85. The smallest absolute Gasteiger partial charge is 0.306 e. The lowest BCUT2D eigenvalue weighted by Crippen LogP contribution is -2.60. The van der Waals surface area contributed by atoms with Gasteiger partial charge >= 0.3 is 11.9 Å². The maximum absolute atomic E-state index is 12.9. The molecule has 0 spiro atoms. The number of hydrogen-bond donors (Lipinski definition) is 4. The van der Waals surface area contributed by atoms with Gasteiger partial charge in [-0.2, -0.15) is 8.42 Å². The van der Waals surface area contributed by atoms with Gasteiger partial charge in [0.1, 0.15) is 36.8 Å². The van der Waals surface area contributed by atoms with Crippen molar-refractivity contribution in [2.24, 2.45) is 0 Å². The van der Waals surface area contributed by atoms with Gasteiger partial charge in [-0.1, -0.05) is 164 Å². The minimum atomic E-state index is -4.61. The van der Waals surface area contributed by atoms with Crippen LogP contribution in [0.2, 0.25) is 0 Å². The van der Waals surface area contributed by atoms with Gasteiger partial charge in [-0.25, -0.2) is 0 Å². The first kappa shape index (κ1) is 61.1. The van der Waals surface area contributed by atoms with E-state index in [0.29, 0.717) is 12.8 Å². The summed E-state index contributed by atoms with van der Waals surface area (Å²) in [6, 6.07) is 0. The summed E-state index contributed by atoms with van der Waals surface area (Å²) in [6.07, 6.45) is 45.0. The molecule has 13 heteroatoms. The molecule has 12 nitrogen and oxygen atoms in total. The molecule has 1 aliphatic heterocycles. The van der Waals surface area contributed by atoms with Crippen LogP contribution in [-0.4, -0.2) is 96.0 Å². The van der Waals surface area contributed by atoms with Crippen LogP contribution in [-0.2, 0) is 38.7 Å². The Labute approximate surface area is 399 Å². The van der Waals surface area contributed by atoms with Crippen LogP contribution in [0.4, 0.5) is 0 Å². The van der Waals surface area contributed by atoms with Crippen LogP contribution in [0.5, 0.6) is 0 Å². The zero-order chi connectivity index (χ0) is 48.4. The standard InChI is InChI=1S/C53H90O12S/c1-3-5-7-9-11-13-15-17-19-21-23-25-27-29-31-33-35-37-39-41-48(54)62-43-46(44-63-53-52(58)51(57)50(56)47(65-53)45-66(59,60)61)64-49(55)42-40-38-36-34-32-30-28-26-24-22-20-18-16-14-12-10-8-6-4-2/h11-14,17-20,23,25,29,31,46-47,50-53,56-58H,3-10,15-16,21-22,24,26-28,30,32-45H2,1-2H3,(H,59,60,61)/b13-11+,14-12+,19-17+,20-18+,25-23+,31-29+/t46-,47-,50-,51?,52?,53+/m1/s1. The Morgan fingerprint density at radius 3 is 1.36 bits per heavy atom. The normalized spacial score (nSPS) is 20.0. The van der Waals surface area contributed by atoms with E-state index in [-0.39, 0.29) is 19.4 Å². The van der Waals surface area contributed by atoms with Crippen molar-refractivity contribution in [2.75, 3.05) is 19.0 Å². The summed E-state index contributed by atoms with van der Waals surface area (Å²) in [5.74, 6) is -2.03.